The molecule has 1 aliphatic rings. The summed E-state index contributed by atoms with van der Waals surface area (Å²) in [6.07, 6.45) is 0. The van der Waals surface area contributed by atoms with Gasteiger partial charge in [0.05, 0.1) is 32.7 Å². The maximum atomic E-state index is 16.6. The fraction of sp³-hybridized carbons (Fsp3) is 0.0256. The zero-order valence-corrected chi connectivity index (χ0v) is 27.9. The topological polar surface area (TPSA) is 18.5 Å². The van der Waals surface area contributed by atoms with Crippen LogP contribution in [0.2, 0.25) is 0 Å². The van der Waals surface area contributed by atoms with Crippen LogP contribution in [0.5, 0.6) is 11.5 Å². The molecule has 8 aromatic carbocycles. The van der Waals surface area contributed by atoms with E-state index < -0.39 is 177 Å². The molecule has 0 heterocycles. The lowest BCUT2D eigenvalue weighted by Gasteiger charge is -2.25. The van der Waals surface area contributed by atoms with E-state index in [1.54, 1.807) is 0 Å². The second-order valence-corrected chi connectivity index (χ2v) is 13.1. The largest absolute Gasteiger partial charge is 0.636 e. The minimum absolute atomic E-state index is 0.166. The third kappa shape index (κ3) is 4.85. The predicted octanol–water partition coefficient (Wildman–Crippen LogP) is 11.8. The van der Waals surface area contributed by atoms with Crippen LogP contribution >= 0.6 is 0 Å². The van der Waals surface area contributed by atoms with Crippen LogP contribution in [-0.2, 0) is 5.92 Å². The highest BCUT2D eigenvalue weighted by atomic mass is 19.3. The van der Waals surface area contributed by atoms with E-state index in [4.69, 9.17) is 9.31 Å². The summed E-state index contributed by atoms with van der Waals surface area (Å²) < 4.78 is 271. The van der Waals surface area contributed by atoms with E-state index in [0.717, 1.165) is 18.2 Å². The van der Waals surface area contributed by atoms with Gasteiger partial charge in [0.15, 0.2) is 75.6 Å². The fourth-order valence-electron chi connectivity index (χ4n) is 7.55. The summed E-state index contributed by atoms with van der Waals surface area (Å²) in [5.74, 6) is -43.8. The van der Waals surface area contributed by atoms with Crippen molar-refractivity contribution in [2.45, 2.75) is 5.92 Å². The highest BCUT2D eigenvalue weighted by Gasteiger charge is 2.56. The summed E-state index contributed by atoms with van der Waals surface area (Å²) in [5.41, 5.74) is -10.8. The first kappa shape index (κ1) is 38.1. The highest BCUT2D eigenvalue weighted by Crippen LogP contribution is 2.59. The van der Waals surface area contributed by atoms with Crippen LogP contribution in [0.1, 0.15) is 11.1 Å². The highest BCUT2D eigenvalue weighted by molar-refractivity contribution is 6.66. The van der Waals surface area contributed by atoms with Gasteiger partial charge in [-0.25, -0.2) is 61.5 Å². The number of alkyl halides is 2. The van der Waals surface area contributed by atoms with Gasteiger partial charge in [0, 0.05) is 27.3 Å². The first-order valence-corrected chi connectivity index (χ1v) is 16.3. The maximum Gasteiger partial charge on any atom is 0.636 e. The van der Waals surface area contributed by atoms with Crippen LogP contribution in [0.25, 0.3) is 54.2 Å². The van der Waals surface area contributed by atoms with Crippen molar-refractivity contribution in [3.8, 4) is 22.6 Å². The summed E-state index contributed by atoms with van der Waals surface area (Å²) >= 11 is 0. The summed E-state index contributed by atoms with van der Waals surface area (Å²) in [6.45, 7) is 0. The van der Waals surface area contributed by atoms with E-state index in [0.29, 0.717) is 30.3 Å². The average Bonchev–Trinajstić information content (AvgIpc) is 3.45. The van der Waals surface area contributed by atoms with Gasteiger partial charge in [-0.2, -0.15) is 13.2 Å². The van der Waals surface area contributed by atoms with Crippen molar-refractivity contribution in [2.75, 3.05) is 0 Å². The van der Waals surface area contributed by atoms with Gasteiger partial charge < -0.3 is 9.31 Å². The monoisotopic (exact) mass is 842 g/mol. The molecule has 0 unspecified atom stereocenters. The Morgan fingerprint density at radius 3 is 1.59 bits per heavy atom. The SMILES string of the molecule is Fc1ccc2c(OB(Oc3c(F)c(F)c(F)c4c3C(F)(F)c3c(F)c(F)c(F)c(F)c3-4)c3c(F)c(F)c4c(F)c(F)c5c(F)ccc6ccc3c4c65)ccc(F)c2c1F. The first-order valence-electron chi connectivity index (χ1n) is 16.3. The van der Waals surface area contributed by atoms with E-state index >= 15 is 48.3 Å². The van der Waals surface area contributed by atoms with Crippen molar-refractivity contribution in [3.63, 3.8) is 0 Å². The van der Waals surface area contributed by atoms with Crippen molar-refractivity contribution < 1.29 is 83.9 Å². The molecule has 298 valence electrons. The smallest absolute Gasteiger partial charge is 0.521 e. The zero-order valence-electron chi connectivity index (χ0n) is 27.9. The number of hydrogen-bond acceptors (Lipinski definition) is 2. The molecule has 0 saturated heterocycles. The Morgan fingerprint density at radius 1 is 0.373 bits per heavy atom. The molecular formula is C39H8BF17O2. The molecule has 0 aliphatic heterocycles. The van der Waals surface area contributed by atoms with Crippen molar-refractivity contribution in [1.82, 2.24) is 0 Å². The lowest BCUT2D eigenvalue weighted by atomic mass is 9.73. The number of halogens is 17. The van der Waals surface area contributed by atoms with Gasteiger partial charge in [-0.05, 0) is 41.1 Å². The van der Waals surface area contributed by atoms with Gasteiger partial charge in [0.2, 0.25) is 5.82 Å². The molecule has 0 fully saturated rings. The van der Waals surface area contributed by atoms with Crippen LogP contribution < -0.4 is 14.8 Å². The van der Waals surface area contributed by atoms with E-state index in [1.165, 1.54) is 0 Å². The standard InChI is InChI=1S/C39H8BF17O2/c41-12-7-8-15(10-4-6-14(43)26(44)17(10)12)58-40(25-11-3-1-9-2-5-13(42)19-16(9)18(11)22(30(48)27(19)45)31(49)33(25)51)59-38-24-21(29(47)35(53)37(38)55)20-23(39(24,56)57)32(50)36(54)34(52)28(20)46/h1-8H. The van der Waals surface area contributed by atoms with E-state index in [1.807, 2.05) is 0 Å². The molecule has 0 N–H and O–H groups in total. The van der Waals surface area contributed by atoms with Gasteiger partial charge in [0.1, 0.15) is 17.4 Å². The molecule has 0 bridgehead atoms. The second kappa shape index (κ2) is 12.5. The Bertz CT molecular complexity index is 3220. The molecular weight excluding hydrogens is 834 g/mol. The fourth-order valence-corrected chi connectivity index (χ4v) is 7.55. The second-order valence-electron chi connectivity index (χ2n) is 13.1. The molecule has 0 atom stereocenters. The molecule has 0 saturated carbocycles. The van der Waals surface area contributed by atoms with E-state index in [-0.39, 0.29) is 5.39 Å². The van der Waals surface area contributed by atoms with Gasteiger partial charge >= 0.3 is 13.0 Å². The van der Waals surface area contributed by atoms with Crippen molar-refractivity contribution in [2.24, 2.45) is 0 Å². The zero-order chi connectivity index (χ0) is 42.5. The number of fused-ring (bicyclic) bond motifs is 4. The third-order valence-electron chi connectivity index (χ3n) is 10.1. The van der Waals surface area contributed by atoms with Gasteiger partial charge in [-0.1, -0.05) is 18.2 Å². The molecule has 0 radical (unpaired) electrons. The Morgan fingerprint density at radius 2 is 0.898 bits per heavy atom. The third-order valence-corrected chi connectivity index (χ3v) is 10.1. The normalized spacial score (nSPS) is 13.3. The molecule has 59 heavy (non-hydrogen) atoms. The quantitative estimate of drug-likeness (QED) is 0.0565. The molecule has 8 aromatic rings. The molecule has 0 amide bonds. The summed E-state index contributed by atoms with van der Waals surface area (Å²) in [6, 6.07) is 5.39. The van der Waals surface area contributed by atoms with Gasteiger partial charge in [-0.3, -0.25) is 0 Å². The van der Waals surface area contributed by atoms with E-state index in [2.05, 4.69) is 0 Å². The Labute approximate surface area is 315 Å². The Hall–Kier alpha value is -6.47. The molecule has 0 spiro atoms. The minimum atomic E-state index is -5.41. The van der Waals surface area contributed by atoms with Crippen LogP contribution in [-0.4, -0.2) is 7.12 Å². The molecule has 2 nitrogen and oxygen atoms in total. The number of benzene rings is 8. The van der Waals surface area contributed by atoms with Gasteiger partial charge in [-0.15, -0.1) is 0 Å². The van der Waals surface area contributed by atoms with Crippen LogP contribution in [0, 0.1) is 87.3 Å². The van der Waals surface area contributed by atoms with E-state index in [9.17, 15) is 26.3 Å². The minimum Gasteiger partial charge on any atom is -0.521 e. The Balaban J connectivity index is 1.40. The van der Waals surface area contributed by atoms with Crippen molar-refractivity contribution in [1.29, 1.82) is 0 Å². The number of rotatable bonds is 5. The van der Waals surface area contributed by atoms with Gasteiger partial charge in [0.25, 0.3) is 0 Å². The van der Waals surface area contributed by atoms with Crippen LogP contribution in [0.15, 0.2) is 48.5 Å². The molecule has 9 rings (SSSR count). The number of hydrogen-bond donors (Lipinski definition) is 0. The van der Waals surface area contributed by atoms with Crippen LogP contribution in [0.4, 0.5) is 74.6 Å². The maximum absolute atomic E-state index is 16.6. The summed E-state index contributed by atoms with van der Waals surface area (Å²) in [4.78, 5) is 0. The summed E-state index contributed by atoms with van der Waals surface area (Å²) in [7, 11) is -3.21. The molecule has 20 heteroatoms. The first-order chi connectivity index (χ1) is 27.8. The lowest BCUT2D eigenvalue weighted by molar-refractivity contribution is 0.0404. The van der Waals surface area contributed by atoms with Crippen molar-refractivity contribution >= 4 is 55.7 Å². The molecule has 0 aromatic heterocycles. The van der Waals surface area contributed by atoms with Crippen molar-refractivity contribution in [3.05, 3.63) is 147 Å². The predicted molar refractivity (Wildman–Crippen MR) is 175 cm³/mol. The average molecular weight is 842 g/mol. The summed E-state index contributed by atoms with van der Waals surface area (Å²) in [5, 5.41) is -7.27. The Kier molecular flexibility index (Phi) is 8.08. The van der Waals surface area contributed by atoms with Crippen LogP contribution in [0.3, 0.4) is 0 Å². The lowest BCUT2D eigenvalue weighted by Crippen LogP contribution is -2.46. The molecule has 1 aliphatic carbocycles.